The van der Waals surface area contributed by atoms with Crippen LogP contribution in [0.4, 0.5) is 5.69 Å². The third kappa shape index (κ3) is 4.33. The van der Waals surface area contributed by atoms with Gasteiger partial charge in [0.25, 0.3) is 10.0 Å². The van der Waals surface area contributed by atoms with Crippen LogP contribution in [0.1, 0.15) is 6.42 Å². The van der Waals surface area contributed by atoms with Crippen molar-refractivity contribution in [2.24, 2.45) is 0 Å². The van der Waals surface area contributed by atoms with Crippen molar-refractivity contribution in [2.45, 2.75) is 11.3 Å². The highest BCUT2D eigenvalue weighted by molar-refractivity contribution is 7.92. The van der Waals surface area contributed by atoms with Crippen LogP contribution in [0.15, 0.2) is 47.4 Å². The lowest BCUT2D eigenvalue weighted by Crippen LogP contribution is -2.33. The van der Waals surface area contributed by atoms with E-state index in [1.54, 1.807) is 0 Å². The number of nitrogens with zero attached hydrogens (tertiary/aromatic N) is 1. The Kier molecular flexibility index (Phi) is 5.98. The molecule has 2 rings (SSSR count). The summed E-state index contributed by atoms with van der Waals surface area (Å²) in [6, 6.07) is 9.86. The number of sulfonamides is 1. The molecule has 0 amide bonds. The number of benzene rings is 2. The van der Waals surface area contributed by atoms with Crippen LogP contribution in [0.2, 0.25) is 15.1 Å². The smallest absolute Gasteiger partial charge is 0.305 e. The maximum atomic E-state index is 12.9. The number of halogens is 3. The Bertz CT molecular complexity index is 854. The number of rotatable bonds is 6. The van der Waals surface area contributed by atoms with E-state index < -0.39 is 16.0 Å². The molecule has 0 radical (unpaired) electrons. The van der Waals surface area contributed by atoms with E-state index in [2.05, 4.69) is 0 Å². The lowest BCUT2D eigenvalue weighted by Gasteiger charge is -2.25. The predicted octanol–water partition coefficient (Wildman–Crippen LogP) is 4.32. The Balaban J connectivity index is 2.52. The number of aliphatic carboxylic acids is 1. The molecule has 0 fully saturated rings. The molecule has 0 heterocycles. The first-order chi connectivity index (χ1) is 11.2. The average Bonchev–Trinajstić information content (AvgIpc) is 2.49. The second kappa shape index (κ2) is 7.61. The van der Waals surface area contributed by atoms with E-state index in [-0.39, 0.29) is 28.6 Å². The lowest BCUT2D eigenvalue weighted by molar-refractivity contribution is -0.136. The van der Waals surface area contributed by atoms with E-state index in [0.717, 1.165) is 4.31 Å². The van der Waals surface area contributed by atoms with Crippen LogP contribution in [0.5, 0.6) is 0 Å². The molecule has 0 spiro atoms. The van der Waals surface area contributed by atoms with Crippen LogP contribution in [-0.2, 0) is 14.8 Å². The molecule has 0 atom stereocenters. The van der Waals surface area contributed by atoms with Crippen LogP contribution < -0.4 is 4.31 Å². The van der Waals surface area contributed by atoms with Gasteiger partial charge in [0.2, 0.25) is 0 Å². The van der Waals surface area contributed by atoms with Gasteiger partial charge in [-0.3, -0.25) is 9.10 Å². The van der Waals surface area contributed by atoms with Gasteiger partial charge in [-0.05, 0) is 42.5 Å². The topological polar surface area (TPSA) is 74.7 Å². The van der Waals surface area contributed by atoms with Crippen LogP contribution in [-0.4, -0.2) is 26.0 Å². The third-order valence-electron chi connectivity index (χ3n) is 3.11. The lowest BCUT2D eigenvalue weighted by atomic mass is 10.3. The predicted molar refractivity (Wildman–Crippen MR) is 94.7 cm³/mol. The summed E-state index contributed by atoms with van der Waals surface area (Å²) < 4.78 is 26.7. The van der Waals surface area contributed by atoms with Gasteiger partial charge in [0, 0.05) is 16.6 Å². The Morgan fingerprint density at radius 2 is 1.58 bits per heavy atom. The number of anilines is 1. The van der Waals surface area contributed by atoms with Crippen LogP contribution in [0.25, 0.3) is 0 Å². The molecule has 0 aromatic heterocycles. The van der Waals surface area contributed by atoms with E-state index >= 15 is 0 Å². The fraction of sp³-hybridized carbons (Fsp3) is 0.133. The fourth-order valence-corrected chi connectivity index (χ4v) is 4.16. The van der Waals surface area contributed by atoms with Gasteiger partial charge in [0.1, 0.15) is 0 Å². The number of carboxylic acids is 1. The SMILES string of the molecule is O=C(O)CCN(c1ccc(Cl)cc1Cl)S(=O)(=O)c1ccc(Cl)cc1. The molecule has 0 saturated heterocycles. The minimum absolute atomic E-state index is 0.0247. The Morgan fingerprint density at radius 1 is 1.00 bits per heavy atom. The number of hydrogen-bond acceptors (Lipinski definition) is 3. The monoisotopic (exact) mass is 407 g/mol. The zero-order valence-electron chi connectivity index (χ0n) is 12.1. The summed E-state index contributed by atoms with van der Waals surface area (Å²) in [6.45, 7) is -0.276. The van der Waals surface area contributed by atoms with Crippen molar-refractivity contribution < 1.29 is 18.3 Å². The van der Waals surface area contributed by atoms with E-state index in [9.17, 15) is 13.2 Å². The number of hydrogen-bond donors (Lipinski definition) is 1. The highest BCUT2D eigenvalue weighted by Crippen LogP contribution is 2.33. The first-order valence-electron chi connectivity index (χ1n) is 6.67. The molecule has 2 aromatic rings. The quantitative estimate of drug-likeness (QED) is 0.772. The Labute approximate surface area is 154 Å². The minimum Gasteiger partial charge on any atom is -0.481 e. The zero-order chi connectivity index (χ0) is 17.9. The van der Waals surface area contributed by atoms with Crippen molar-refractivity contribution in [1.82, 2.24) is 0 Å². The van der Waals surface area contributed by atoms with Crippen molar-refractivity contribution >= 4 is 56.5 Å². The maximum absolute atomic E-state index is 12.9. The summed E-state index contributed by atoms with van der Waals surface area (Å²) in [4.78, 5) is 10.9. The van der Waals surface area contributed by atoms with Gasteiger partial charge >= 0.3 is 5.97 Å². The van der Waals surface area contributed by atoms with Gasteiger partial charge in [-0.25, -0.2) is 8.42 Å². The molecule has 0 bridgehead atoms. The standard InChI is InChI=1S/C15H12Cl3NO4S/c16-10-1-4-12(5-2-10)24(22,23)19(8-7-15(20)21)14-6-3-11(17)9-13(14)18/h1-6,9H,7-8H2,(H,20,21). The van der Waals surface area contributed by atoms with Gasteiger partial charge in [-0.15, -0.1) is 0 Å². The highest BCUT2D eigenvalue weighted by atomic mass is 35.5. The molecule has 0 aliphatic carbocycles. The molecular weight excluding hydrogens is 397 g/mol. The molecule has 0 aliphatic rings. The first-order valence-corrected chi connectivity index (χ1v) is 9.24. The van der Waals surface area contributed by atoms with Gasteiger partial charge in [-0.1, -0.05) is 34.8 Å². The van der Waals surface area contributed by atoms with E-state index in [0.29, 0.717) is 10.0 Å². The summed E-state index contributed by atoms with van der Waals surface area (Å²) in [5, 5.41) is 9.73. The number of carbonyl (C=O) groups is 1. The van der Waals surface area contributed by atoms with Crippen molar-refractivity contribution in [3.8, 4) is 0 Å². The number of carboxylic acid groups (broad SMARTS) is 1. The van der Waals surface area contributed by atoms with Crippen molar-refractivity contribution in [3.63, 3.8) is 0 Å². The second-order valence-electron chi connectivity index (χ2n) is 4.77. The fourth-order valence-electron chi connectivity index (χ4n) is 1.98. The summed E-state index contributed by atoms with van der Waals surface area (Å²) in [6.07, 6.45) is -0.383. The van der Waals surface area contributed by atoms with Crippen molar-refractivity contribution in [3.05, 3.63) is 57.5 Å². The molecular formula is C15H12Cl3NO4S. The normalized spacial score (nSPS) is 11.3. The molecule has 9 heteroatoms. The van der Waals surface area contributed by atoms with Crippen LogP contribution in [0.3, 0.4) is 0 Å². The first kappa shape index (κ1) is 18.9. The molecule has 128 valence electrons. The maximum Gasteiger partial charge on any atom is 0.305 e. The minimum atomic E-state index is -4.02. The summed E-state index contributed by atoms with van der Waals surface area (Å²) >= 11 is 17.7. The summed E-state index contributed by atoms with van der Waals surface area (Å²) in [7, 11) is -4.02. The van der Waals surface area contributed by atoms with Gasteiger partial charge in [0.05, 0.1) is 22.0 Å². The van der Waals surface area contributed by atoms with Crippen molar-refractivity contribution in [2.75, 3.05) is 10.8 Å². The molecule has 2 aromatic carbocycles. The van der Waals surface area contributed by atoms with E-state index in [1.165, 1.54) is 42.5 Å². The highest BCUT2D eigenvalue weighted by Gasteiger charge is 2.27. The molecule has 24 heavy (non-hydrogen) atoms. The van der Waals surface area contributed by atoms with Gasteiger partial charge < -0.3 is 5.11 Å². The average molecular weight is 409 g/mol. The zero-order valence-corrected chi connectivity index (χ0v) is 15.2. The molecule has 0 aliphatic heterocycles. The summed E-state index contributed by atoms with van der Waals surface area (Å²) in [5.74, 6) is -1.13. The van der Waals surface area contributed by atoms with Gasteiger partial charge in [0.15, 0.2) is 0 Å². The molecule has 1 N–H and O–H groups in total. The molecule has 0 unspecified atom stereocenters. The Morgan fingerprint density at radius 3 is 2.12 bits per heavy atom. The largest absolute Gasteiger partial charge is 0.481 e. The molecule has 0 saturated carbocycles. The van der Waals surface area contributed by atoms with Crippen LogP contribution in [0, 0.1) is 0 Å². The van der Waals surface area contributed by atoms with Crippen molar-refractivity contribution in [1.29, 1.82) is 0 Å². The third-order valence-corrected chi connectivity index (χ3v) is 5.73. The van der Waals surface area contributed by atoms with E-state index in [1.807, 2.05) is 0 Å². The second-order valence-corrected chi connectivity index (χ2v) is 7.91. The Hall–Kier alpha value is -1.47. The summed E-state index contributed by atoms with van der Waals surface area (Å²) in [5.41, 5.74) is 0.150. The van der Waals surface area contributed by atoms with Gasteiger partial charge in [-0.2, -0.15) is 0 Å². The molecule has 5 nitrogen and oxygen atoms in total. The van der Waals surface area contributed by atoms with E-state index in [4.69, 9.17) is 39.9 Å². The van der Waals surface area contributed by atoms with Crippen LogP contribution >= 0.6 is 34.8 Å².